The number of unbranched alkanes of at least 4 members (excludes halogenated alkanes) is 15. The van der Waals surface area contributed by atoms with Crippen molar-refractivity contribution < 1.29 is 29.3 Å². The van der Waals surface area contributed by atoms with Crippen LogP contribution < -0.4 is 0 Å². The van der Waals surface area contributed by atoms with Crippen LogP contribution in [0.15, 0.2) is 0 Å². The molecule has 0 saturated carbocycles. The van der Waals surface area contributed by atoms with E-state index in [2.05, 4.69) is 6.92 Å². The minimum absolute atomic E-state index is 0.325. The predicted molar refractivity (Wildman–Crippen MR) is 117 cm³/mol. The van der Waals surface area contributed by atoms with Gasteiger partial charge >= 0.3 is 5.97 Å². The molecule has 1 aliphatic rings. The summed E-state index contributed by atoms with van der Waals surface area (Å²) in [5, 5.41) is 18.4. The van der Waals surface area contributed by atoms with Crippen LogP contribution in [0.3, 0.4) is 0 Å². The van der Waals surface area contributed by atoms with Gasteiger partial charge in [-0.25, -0.2) is 4.79 Å². The van der Waals surface area contributed by atoms with Crippen molar-refractivity contribution in [3.8, 4) is 0 Å². The van der Waals surface area contributed by atoms with Crippen LogP contribution in [0.5, 0.6) is 0 Å². The third-order valence-electron chi connectivity index (χ3n) is 5.81. The highest BCUT2D eigenvalue weighted by atomic mass is 16.6. The fourth-order valence-corrected chi connectivity index (χ4v) is 3.88. The maximum atomic E-state index is 12.0. The molecular weight excluding hydrogens is 384 g/mol. The van der Waals surface area contributed by atoms with E-state index in [0.717, 1.165) is 19.3 Å². The topological polar surface area (TPSA) is 93.1 Å². The van der Waals surface area contributed by atoms with E-state index in [0.29, 0.717) is 6.61 Å². The minimum atomic E-state index is -1.38. The van der Waals surface area contributed by atoms with E-state index in [1.54, 1.807) is 0 Å². The first-order valence-electron chi connectivity index (χ1n) is 12.3. The van der Waals surface area contributed by atoms with Crippen LogP contribution in [-0.4, -0.2) is 53.5 Å². The molecule has 6 heteroatoms. The van der Waals surface area contributed by atoms with E-state index in [-0.39, 0.29) is 0 Å². The molecule has 0 aromatic heterocycles. The van der Waals surface area contributed by atoms with E-state index in [9.17, 15) is 14.7 Å². The maximum absolute atomic E-state index is 12.0. The summed E-state index contributed by atoms with van der Waals surface area (Å²) >= 11 is 0. The third kappa shape index (κ3) is 11.4. The van der Waals surface area contributed by atoms with Crippen molar-refractivity contribution in [2.24, 2.45) is 0 Å². The molecule has 1 unspecified atom stereocenters. The van der Waals surface area contributed by atoms with E-state index in [1.807, 2.05) is 0 Å². The smallest absolute Gasteiger partial charge is 0.344 e. The highest BCUT2D eigenvalue weighted by molar-refractivity contribution is 6.09. The highest BCUT2D eigenvalue weighted by Crippen LogP contribution is 2.18. The quantitative estimate of drug-likeness (QED) is 0.169. The Labute approximate surface area is 182 Å². The van der Waals surface area contributed by atoms with Gasteiger partial charge in [-0.05, 0) is 6.42 Å². The number of esters is 1. The SMILES string of the molecule is CCCCCCCCCCCCCCCCCCOC1C(=O)O[C@H]([C@@H](O)CO)C1=O. The standard InChI is InChI=1S/C24H44O6/c1-2-3-4-5-6-7-8-9-10-11-12-13-14-15-16-17-18-29-23-21(27)22(20(26)19-25)30-24(23)28/h20,22-23,25-26H,2-19H2,1H3/t20-,22+,23?/m0/s1. The van der Waals surface area contributed by atoms with Crippen molar-refractivity contribution in [1.82, 2.24) is 0 Å². The van der Waals surface area contributed by atoms with Gasteiger partial charge in [-0.1, -0.05) is 103 Å². The number of aliphatic hydroxyl groups is 2. The Balaban J connectivity index is 1.86. The molecule has 0 aliphatic carbocycles. The Morgan fingerprint density at radius 3 is 1.67 bits per heavy atom. The van der Waals surface area contributed by atoms with Crippen LogP contribution in [0.25, 0.3) is 0 Å². The summed E-state index contributed by atoms with van der Waals surface area (Å²) in [4.78, 5) is 23.6. The van der Waals surface area contributed by atoms with Crippen LogP contribution in [0.2, 0.25) is 0 Å². The Kier molecular flexibility index (Phi) is 15.9. The molecule has 0 radical (unpaired) electrons. The third-order valence-corrected chi connectivity index (χ3v) is 5.81. The lowest BCUT2D eigenvalue weighted by atomic mass is 10.0. The second-order valence-corrected chi connectivity index (χ2v) is 8.56. The van der Waals surface area contributed by atoms with Gasteiger partial charge in [-0.2, -0.15) is 0 Å². The maximum Gasteiger partial charge on any atom is 0.344 e. The van der Waals surface area contributed by atoms with Crippen molar-refractivity contribution in [3.05, 3.63) is 0 Å². The average Bonchev–Trinajstić information content (AvgIpc) is 3.03. The molecular formula is C24H44O6. The Morgan fingerprint density at radius 2 is 1.23 bits per heavy atom. The van der Waals surface area contributed by atoms with E-state index < -0.39 is 36.7 Å². The first-order chi connectivity index (χ1) is 14.6. The second-order valence-electron chi connectivity index (χ2n) is 8.56. The number of hydrogen-bond donors (Lipinski definition) is 2. The molecule has 176 valence electrons. The number of ether oxygens (including phenoxy) is 2. The molecule has 0 amide bonds. The van der Waals surface area contributed by atoms with Gasteiger partial charge in [0.1, 0.15) is 6.10 Å². The van der Waals surface area contributed by atoms with Crippen molar-refractivity contribution in [2.75, 3.05) is 13.2 Å². The number of aliphatic hydroxyl groups excluding tert-OH is 2. The van der Waals surface area contributed by atoms with Gasteiger partial charge in [0.15, 0.2) is 6.10 Å². The zero-order valence-corrected chi connectivity index (χ0v) is 19.0. The summed E-state index contributed by atoms with van der Waals surface area (Å²) in [5.74, 6) is -1.37. The zero-order chi connectivity index (χ0) is 22.0. The molecule has 1 rings (SSSR count). The van der Waals surface area contributed by atoms with Crippen molar-refractivity contribution in [3.63, 3.8) is 0 Å². The molecule has 6 nitrogen and oxygen atoms in total. The molecule has 1 aliphatic heterocycles. The van der Waals surface area contributed by atoms with E-state index >= 15 is 0 Å². The Bertz CT molecular complexity index is 453. The van der Waals surface area contributed by atoms with E-state index in [1.165, 1.54) is 83.5 Å². The lowest BCUT2D eigenvalue weighted by Gasteiger charge is -2.12. The van der Waals surface area contributed by atoms with Gasteiger partial charge < -0.3 is 19.7 Å². The van der Waals surface area contributed by atoms with Gasteiger partial charge in [0, 0.05) is 6.61 Å². The number of hydrogen-bond acceptors (Lipinski definition) is 6. The Morgan fingerprint density at radius 1 is 0.800 bits per heavy atom. The fourth-order valence-electron chi connectivity index (χ4n) is 3.88. The van der Waals surface area contributed by atoms with Gasteiger partial charge in [-0.15, -0.1) is 0 Å². The summed E-state index contributed by atoms with van der Waals surface area (Å²) < 4.78 is 10.2. The van der Waals surface area contributed by atoms with Crippen LogP contribution in [0, 0.1) is 0 Å². The summed E-state index contributed by atoms with van der Waals surface area (Å²) in [6.45, 7) is 1.96. The van der Waals surface area contributed by atoms with Crippen LogP contribution in [-0.2, 0) is 19.1 Å². The van der Waals surface area contributed by atoms with Gasteiger partial charge in [0.2, 0.25) is 11.9 Å². The normalized spacial score (nSPS) is 20.0. The summed E-state index contributed by atoms with van der Waals surface area (Å²) in [5.41, 5.74) is 0. The van der Waals surface area contributed by atoms with Gasteiger partial charge in [-0.3, -0.25) is 4.79 Å². The molecule has 30 heavy (non-hydrogen) atoms. The molecule has 3 atom stereocenters. The number of Topliss-reactive ketones (excluding diaryl/α,β-unsaturated/α-hetero) is 1. The van der Waals surface area contributed by atoms with Crippen LogP contribution in [0.1, 0.15) is 110 Å². The largest absolute Gasteiger partial charge is 0.449 e. The van der Waals surface area contributed by atoms with E-state index in [4.69, 9.17) is 14.6 Å². The van der Waals surface area contributed by atoms with Gasteiger partial charge in [0.25, 0.3) is 0 Å². The molecule has 0 aromatic rings. The van der Waals surface area contributed by atoms with Crippen LogP contribution >= 0.6 is 0 Å². The number of carbonyl (C=O) groups is 2. The molecule has 2 N–H and O–H groups in total. The molecule has 1 heterocycles. The number of ketones is 1. The van der Waals surface area contributed by atoms with Crippen molar-refractivity contribution >= 4 is 11.8 Å². The second kappa shape index (κ2) is 17.7. The molecule has 0 bridgehead atoms. The van der Waals surface area contributed by atoms with Crippen LogP contribution in [0.4, 0.5) is 0 Å². The molecule has 0 aromatic carbocycles. The number of cyclic esters (lactones) is 1. The first kappa shape index (κ1) is 27.1. The van der Waals surface area contributed by atoms with Crippen molar-refractivity contribution in [2.45, 2.75) is 128 Å². The fraction of sp³-hybridized carbons (Fsp3) is 0.917. The predicted octanol–water partition coefficient (Wildman–Crippen LogP) is 4.48. The first-order valence-corrected chi connectivity index (χ1v) is 12.3. The monoisotopic (exact) mass is 428 g/mol. The minimum Gasteiger partial charge on any atom is -0.449 e. The lowest BCUT2D eigenvalue weighted by Crippen LogP contribution is -2.37. The lowest BCUT2D eigenvalue weighted by molar-refractivity contribution is -0.153. The highest BCUT2D eigenvalue weighted by Gasteiger charge is 2.47. The summed E-state index contributed by atoms with van der Waals surface area (Å²) in [6, 6.07) is 0. The van der Waals surface area contributed by atoms with Crippen molar-refractivity contribution in [1.29, 1.82) is 0 Å². The Hall–Kier alpha value is -0.980. The molecule has 0 spiro atoms. The average molecular weight is 429 g/mol. The molecule has 1 saturated heterocycles. The summed E-state index contributed by atoms with van der Waals surface area (Å²) in [6.07, 6.45) is 16.6. The zero-order valence-electron chi connectivity index (χ0n) is 19.0. The van der Waals surface area contributed by atoms with Gasteiger partial charge in [0.05, 0.1) is 6.61 Å². The number of carbonyl (C=O) groups excluding carboxylic acids is 2. The summed E-state index contributed by atoms with van der Waals surface area (Å²) in [7, 11) is 0. The number of rotatable bonds is 20. The molecule has 1 fully saturated rings.